The summed E-state index contributed by atoms with van der Waals surface area (Å²) in [5.74, 6) is -0.327. The lowest BCUT2D eigenvalue weighted by molar-refractivity contribution is 0.0903. The number of anilines is 1. The third-order valence-electron chi connectivity index (χ3n) is 4.17. The number of nitrogens with one attached hydrogen (secondary N) is 1. The zero-order chi connectivity index (χ0) is 17.6. The highest BCUT2D eigenvalue weighted by molar-refractivity contribution is 7.80. The quantitative estimate of drug-likeness (QED) is 0.751. The molecule has 1 aliphatic heterocycles. The molecule has 2 aromatic rings. The monoisotopic (exact) mass is 378 g/mol. The number of hydrogen-bond acceptors (Lipinski definition) is 2. The fourth-order valence-corrected chi connectivity index (χ4v) is 3.33. The average Bonchev–Trinajstić information content (AvgIpc) is 3.11. The maximum Gasteiger partial charge on any atom is 0.173 e. The molecule has 1 atom stereocenters. The number of benzene rings is 2. The SMILES string of the molecule is Fc1cccc(Cl)c1CN(C[C@H]1CCCO1)C(=S)Nc1ccccc1. The molecule has 1 aliphatic rings. The first-order valence-electron chi connectivity index (χ1n) is 8.29. The Morgan fingerprint density at radius 2 is 2.04 bits per heavy atom. The standard InChI is InChI=1S/C19H20ClFN2OS/c20-17-9-4-10-18(21)16(17)13-23(12-15-8-5-11-24-15)19(25)22-14-6-2-1-3-7-14/h1-4,6-7,9-10,15H,5,8,11-13H2,(H,22,25)/t15-/m1/s1. The van der Waals surface area contributed by atoms with Crippen molar-refractivity contribution in [1.82, 2.24) is 4.90 Å². The first-order valence-corrected chi connectivity index (χ1v) is 9.07. The van der Waals surface area contributed by atoms with Crippen molar-refractivity contribution in [2.75, 3.05) is 18.5 Å². The predicted molar refractivity (Wildman–Crippen MR) is 103 cm³/mol. The molecule has 1 fully saturated rings. The fraction of sp³-hybridized carbons (Fsp3) is 0.316. The molecule has 0 unspecified atom stereocenters. The van der Waals surface area contributed by atoms with Crippen LogP contribution >= 0.6 is 23.8 Å². The Morgan fingerprint density at radius 1 is 1.24 bits per heavy atom. The molecule has 0 radical (unpaired) electrons. The lowest BCUT2D eigenvalue weighted by atomic mass is 10.1. The number of thiocarbonyl (C=S) groups is 1. The summed E-state index contributed by atoms with van der Waals surface area (Å²) in [6.07, 6.45) is 2.12. The number of nitrogens with zero attached hydrogens (tertiary/aromatic N) is 1. The van der Waals surface area contributed by atoms with E-state index in [0.717, 1.165) is 25.1 Å². The molecule has 0 aliphatic carbocycles. The topological polar surface area (TPSA) is 24.5 Å². The predicted octanol–water partition coefficient (Wildman–Crippen LogP) is 4.86. The smallest absolute Gasteiger partial charge is 0.173 e. The van der Waals surface area contributed by atoms with E-state index in [4.69, 9.17) is 28.6 Å². The zero-order valence-corrected chi connectivity index (χ0v) is 15.3. The molecule has 1 heterocycles. The van der Waals surface area contributed by atoms with Gasteiger partial charge in [-0.15, -0.1) is 0 Å². The average molecular weight is 379 g/mol. The number of para-hydroxylation sites is 1. The Morgan fingerprint density at radius 3 is 2.72 bits per heavy atom. The van der Waals surface area contributed by atoms with Crippen molar-refractivity contribution in [3.8, 4) is 0 Å². The highest BCUT2D eigenvalue weighted by Gasteiger charge is 2.22. The molecule has 1 saturated heterocycles. The van der Waals surface area contributed by atoms with Crippen LogP contribution in [0.1, 0.15) is 18.4 Å². The minimum Gasteiger partial charge on any atom is -0.376 e. The van der Waals surface area contributed by atoms with Crippen LogP contribution in [0, 0.1) is 5.82 Å². The van der Waals surface area contributed by atoms with Crippen LogP contribution in [0.4, 0.5) is 10.1 Å². The maximum atomic E-state index is 14.2. The van der Waals surface area contributed by atoms with E-state index in [1.54, 1.807) is 12.1 Å². The van der Waals surface area contributed by atoms with E-state index in [-0.39, 0.29) is 11.9 Å². The highest BCUT2D eigenvalue weighted by Crippen LogP contribution is 2.23. The second-order valence-electron chi connectivity index (χ2n) is 6.01. The molecule has 0 aromatic heterocycles. The Balaban J connectivity index is 1.77. The van der Waals surface area contributed by atoms with Gasteiger partial charge in [-0.1, -0.05) is 35.9 Å². The summed E-state index contributed by atoms with van der Waals surface area (Å²) in [6, 6.07) is 14.4. The summed E-state index contributed by atoms with van der Waals surface area (Å²) in [5.41, 5.74) is 1.34. The molecule has 0 bridgehead atoms. The lowest BCUT2D eigenvalue weighted by Crippen LogP contribution is -2.39. The van der Waals surface area contributed by atoms with Crippen LogP contribution in [-0.2, 0) is 11.3 Å². The Hall–Kier alpha value is -1.69. The second kappa shape index (κ2) is 8.61. The van der Waals surface area contributed by atoms with Gasteiger partial charge < -0.3 is 15.0 Å². The summed E-state index contributed by atoms with van der Waals surface area (Å²) in [5, 5.41) is 4.14. The van der Waals surface area contributed by atoms with Crippen LogP contribution in [0.2, 0.25) is 5.02 Å². The third kappa shape index (κ3) is 4.91. The van der Waals surface area contributed by atoms with E-state index in [1.165, 1.54) is 6.07 Å². The van der Waals surface area contributed by atoms with Crippen molar-refractivity contribution in [2.45, 2.75) is 25.5 Å². The maximum absolute atomic E-state index is 14.2. The van der Waals surface area contributed by atoms with Crippen LogP contribution in [0.25, 0.3) is 0 Å². The summed E-state index contributed by atoms with van der Waals surface area (Å²) in [7, 11) is 0. The molecular weight excluding hydrogens is 359 g/mol. The van der Waals surface area contributed by atoms with Gasteiger partial charge in [0.25, 0.3) is 0 Å². The van der Waals surface area contributed by atoms with Gasteiger partial charge in [0, 0.05) is 36.0 Å². The fourth-order valence-electron chi connectivity index (χ4n) is 2.85. The minimum absolute atomic E-state index is 0.0982. The van der Waals surface area contributed by atoms with Crippen LogP contribution in [0.3, 0.4) is 0 Å². The normalized spacial score (nSPS) is 16.6. The molecular formula is C19H20ClFN2OS. The molecule has 2 aromatic carbocycles. The number of ether oxygens (including phenoxy) is 1. The molecule has 3 nitrogen and oxygen atoms in total. The summed E-state index contributed by atoms with van der Waals surface area (Å²) < 4.78 is 19.9. The lowest BCUT2D eigenvalue weighted by Gasteiger charge is -2.29. The molecule has 3 rings (SSSR count). The van der Waals surface area contributed by atoms with Crippen molar-refractivity contribution >= 4 is 34.6 Å². The van der Waals surface area contributed by atoms with Crippen molar-refractivity contribution in [3.05, 3.63) is 64.9 Å². The molecule has 0 saturated carbocycles. The molecule has 25 heavy (non-hydrogen) atoms. The van der Waals surface area contributed by atoms with Gasteiger partial charge in [0.05, 0.1) is 6.10 Å². The molecule has 6 heteroatoms. The van der Waals surface area contributed by atoms with Gasteiger partial charge in [-0.05, 0) is 49.3 Å². The van der Waals surface area contributed by atoms with Crippen LogP contribution < -0.4 is 5.32 Å². The Labute approximate surface area is 157 Å². The first kappa shape index (κ1) is 18.1. The van der Waals surface area contributed by atoms with Crippen molar-refractivity contribution in [3.63, 3.8) is 0 Å². The largest absolute Gasteiger partial charge is 0.376 e. The van der Waals surface area contributed by atoms with Crippen molar-refractivity contribution in [1.29, 1.82) is 0 Å². The summed E-state index contributed by atoms with van der Waals surface area (Å²) in [6.45, 7) is 1.66. The van der Waals surface area contributed by atoms with E-state index in [0.29, 0.717) is 28.8 Å². The number of hydrogen-bond donors (Lipinski definition) is 1. The third-order valence-corrected chi connectivity index (χ3v) is 4.89. The van der Waals surface area contributed by atoms with E-state index in [1.807, 2.05) is 35.2 Å². The molecule has 0 spiro atoms. The van der Waals surface area contributed by atoms with E-state index >= 15 is 0 Å². The minimum atomic E-state index is -0.327. The van der Waals surface area contributed by atoms with Crippen LogP contribution in [0.5, 0.6) is 0 Å². The van der Waals surface area contributed by atoms with Gasteiger partial charge >= 0.3 is 0 Å². The Bertz CT molecular complexity index is 702. The van der Waals surface area contributed by atoms with Crippen LogP contribution in [0.15, 0.2) is 48.5 Å². The zero-order valence-electron chi connectivity index (χ0n) is 13.8. The number of rotatable bonds is 5. The highest BCUT2D eigenvalue weighted by atomic mass is 35.5. The van der Waals surface area contributed by atoms with Gasteiger partial charge in [0.15, 0.2) is 5.11 Å². The summed E-state index contributed by atoms with van der Waals surface area (Å²) in [4.78, 5) is 1.92. The van der Waals surface area contributed by atoms with Crippen molar-refractivity contribution in [2.24, 2.45) is 0 Å². The Kier molecular flexibility index (Phi) is 6.24. The van der Waals surface area contributed by atoms with Gasteiger partial charge in [-0.25, -0.2) is 4.39 Å². The van der Waals surface area contributed by atoms with E-state index < -0.39 is 0 Å². The summed E-state index contributed by atoms with van der Waals surface area (Å²) >= 11 is 11.8. The van der Waals surface area contributed by atoms with Gasteiger partial charge in [0.1, 0.15) is 5.82 Å². The van der Waals surface area contributed by atoms with E-state index in [2.05, 4.69) is 5.32 Å². The van der Waals surface area contributed by atoms with Gasteiger partial charge in [-0.2, -0.15) is 0 Å². The molecule has 1 N–H and O–H groups in total. The number of halogens is 2. The second-order valence-corrected chi connectivity index (χ2v) is 6.81. The van der Waals surface area contributed by atoms with Crippen molar-refractivity contribution < 1.29 is 9.13 Å². The van der Waals surface area contributed by atoms with Gasteiger partial charge in [-0.3, -0.25) is 0 Å². The van der Waals surface area contributed by atoms with Crippen LogP contribution in [-0.4, -0.2) is 29.3 Å². The van der Waals surface area contributed by atoms with Gasteiger partial charge in [0.2, 0.25) is 0 Å². The molecule has 132 valence electrons. The van der Waals surface area contributed by atoms with E-state index in [9.17, 15) is 4.39 Å². The first-order chi connectivity index (χ1) is 12.1. The molecule has 0 amide bonds.